The number of benzene rings is 2. The second-order valence-electron chi connectivity index (χ2n) is 4.28. The fraction of sp³-hybridized carbons (Fsp3) is 0.0667. The molecule has 0 fully saturated rings. The normalized spacial score (nSPS) is 10.6. The Balaban J connectivity index is 1.97. The van der Waals surface area contributed by atoms with Gasteiger partial charge in [-0.15, -0.1) is 0 Å². The maximum atomic E-state index is 13.2. The topological polar surface area (TPSA) is 48.2 Å². The summed E-state index contributed by atoms with van der Waals surface area (Å²) in [6.45, 7) is 0. The average Bonchev–Trinajstić information content (AvgIpc) is 3.00. The van der Waals surface area contributed by atoms with Crippen molar-refractivity contribution in [2.75, 3.05) is 7.11 Å². The molecule has 0 spiro atoms. The van der Waals surface area contributed by atoms with Crippen LogP contribution >= 0.6 is 0 Å². The Labute approximate surface area is 119 Å². The number of methoxy groups -OCH3 is 1. The third kappa shape index (κ3) is 2.60. The number of ether oxygens (including phenoxy) is 1. The van der Waals surface area contributed by atoms with Crippen molar-refractivity contribution in [1.29, 1.82) is 0 Å². The van der Waals surface area contributed by atoms with E-state index in [1.165, 1.54) is 6.07 Å². The predicted molar refractivity (Wildman–Crippen MR) is 71.6 cm³/mol. The molecular formula is C15H10F2N2O2. The molecule has 0 amide bonds. The molecular weight excluding hydrogens is 278 g/mol. The number of aromatic nitrogens is 2. The van der Waals surface area contributed by atoms with Crippen LogP contribution in [0.3, 0.4) is 0 Å². The van der Waals surface area contributed by atoms with Gasteiger partial charge in [0.1, 0.15) is 5.75 Å². The van der Waals surface area contributed by atoms with Crippen LogP contribution in [0.1, 0.15) is 0 Å². The first-order chi connectivity index (χ1) is 10.2. The lowest BCUT2D eigenvalue weighted by Gasteiger charge is -1.99. The summed E-state index contributed by atoms with van der Waals surface area (Å²) in [5.74, 6) is -0.771. The summed E-state index contributed by atoms with van der Waals surface area (Å²) in [6.07, 6.45) is 0. The highest BCUT2D eigenvalue weighted by Gasteiger charge is 2.13. The number of hydrogen-bond donors (Lipinski definition) is 0. The first-order valence-electron chi connectivity index (χ1n) is 6.11. The number of nitrogens with zero attached hydrogens (tertiary/aromatic N) is 2. The standard InChI is InChI=1S/C15H10F2N2O2/c1-20-11-4-2-3-9(7-11)14-18-15(21-19-14)10-5-6-12(16)13(17)8-10/h2-8H,1H3. The molecule has 3 aromatic rings. The third-order valence-corrected chi connectivity index (χ3v) is 2.92. The van der Waals surface area contributed by atoms with Gasteiger partial charge in [-0.3, -0.25) is 0 Å². The Morgan fingerprint density at radius 1 is 1.00 bits per heavy atom. The van der Waals surface area contributed by atoms with E-state index < -0.39 is 11.6 Å². The molecule has 2 aromatic carbocycles. The molecule has 0 radical (unpaired) electrons. The summed E-state index contributed by atoms with van der Waals surface area (Å²) in [5, 5.41) is 3.83. The van der Waals surface area contributed by atoms with Crippen LogP contribution in [0.25, 0.3) is 22.8 Å². The van der Waals surface area contributed by atoms with Gasteiger partial charge in [0.25, 0.3) is 5.89 Å². The van der Waals surface area contributed by atoms with Crippen LogP contribution in [0.2, 0.25) is 0 Å². The number of hydrogen-bond acceptors (Lipinski definition) is 4. The van der Waals surface area contributed by atoms with Gasteiger partial charge in [0.05, 0.1) is 7.11 Å². The summed E-state index contributed by atoms with van der Waals surface area (Å²) in [5.41, 5.74) is 1.02. The molecule has 21 heavy (non-hydrogen) atoms. The summed E-state index contributed by atoms with van der Waals surface area (Å²) in [4.78, 5) is 4.17. The Kier molecular flexibility index (Phi) is 3.35. The van der Waals surface area contributed by atoms with Crippen molar-refractivity contribution < 1.29 is 18.0 Å². The van der Waals surface area contributed by atoms with Crippen molar-refractivity contribution in [3.63, 3.8) is 0 Å². The van der Waals surface area contributed by atoms with Crippen LogP contribution in [0.5, 0.6) is 5.75 Å². The molecule has 0 aliphatic rings. The number of rotatable bonds is 3. The van der Waals surface area contributed by atoms with Gasteiger partial charge in [0, 0.05) is 11.1 Å². The fourth-order valence-electron chi connectivity index (χ4n) is 1.85. The van der Waals surface area contributed by atoms with Gasteiger partial charge in [0.2, 0.25) is 5.82 Å². The molecule has 0 atom stereocenters. The van der Waals surface area contributed by atoms with Gasteiger partial charge in [-0.1, -0.05) is 17.3 Å². The smallest absolute Gasteiger partial charge is 0.258 e. The minimum Gasteiger partial charge on any atom is -0.497 e. The Bertz CT molecular complexity index is 787. The lowest BCUT2D eigenvalue weighted by molar-refractivity contribution is 0.414. The van der Waals surface area contributed by atoms with E-state index in [-0.39, 0.29) is 5.89 Å². The highest BCUT2D eigenvalue weighted by Crippen LogP contribution is 2.25. The highest BCUT2D eigenvalue weighted by molar-refractivity contribution is 5.61. The Morgan fingerprint density at radius 3 is 2.62 bits per heavy atom. The highest BCUT2D eigenvalue weighted by atomic mass is 19.2. The van der Waals surface area contributed by atoms with Gasteiger partial charge in [-0.2, -0.15) is 4.98 Å². The summed E-state index contributed by atoms with van der Waals surface area (Å²) >= 11 is 0. The van der Waals surface area contributed by atoms with Gasteiger partial charge in [0.15, 0.2) is 11.6 Å². The van der Waals surface area contributed by atoms with E-state index in [0.29, 0.717) is 22.7 Å². The Hall–Kier alpha value is -2.76. The zero-order valence-electron chi connectivity index (χ0n) is 11.0. The van der Waals surface area contributed by atoms with E-state index >= 15 is 0 Å². The van der Waals surface area contributed by atoms with Crippen LogP contribution in [-0.4, -0.2) is 17.3 Å². The molecule has 3 rings (SSSR count). The molecule has 6 heteroatoms. The maximum absolute atomic E-state index is 13.2. The molecule has 1 aromatic heterocycles. The zero-order chi connectivity index (χ0) is 14.8. The first-order valence-corrected chi connectivity index (χ1v) is 6.11. The van der Waals surface area contributed by atoms with E-state index in [9.17, 15) is 8.78 Å². The zero-order valence-corrected chi connectivity index (χ0v) is 11.0. The molecule has 0 saturated heterocycles. The van der Waals surface area contributed by atoms with Crippen molar-refractivity contribution in [3.05, 3.63) is 54.1 Å². The molecule has 1 heterocycles. The van der Waals surface area contributed by atoms with Crippen molar-refractivity contribution in [3.8, 4) is 28.6 Å². The van der Waals surface area contributed by atoms with Gasteiger partial charge in [-0.05, 0) is 30.3 Å². The third-order valence-electron chi connectivity index (χ3n) is 2.92. The van der Waals surface area contributed by atoms with E-state index in [1.807, 2.05) is 0 Å². The second kappa shape index (κ2) is 5.32. The summed E-state index contributed by atoms with van der Waals surface area (Å²) in [6, 6.07) is 10.5. The van der Waals surface area contributed by atoms with Crippen LogP contribution in [-0.2, 0) is 0 Å². The molecule has 106 valence electrons. The fourth-order valence-corrected chi connectivity index (χ4v) is 1.85. The van der Waals surface area contributed by atoms with Crippen LogP contribution < -0.4 is 4.74 Å². The lowest BCUT2D eigenvalue weighted by Crippen LogP contribution is -1.86. The van der Waals surface area contributed by atoms with E-state index in [4.69, 9.17) is 9.26 Å². The number of halogens is 2. The summed E-state index contributed by atoms with van der Waals surface area (Å²) in [7, 11) is 1.56. The molecule has 0 unspecified atom stereocenters. The average molecular weight is 288 g/mol. The maximum Gasteiger partial charge on any atom is 0.258 e. The first kappa shape index (κ1) is 13.2. The molecule has 0 saturated carbocycles. The second-order valence-corrected chi connectivity index (χ2v) is 4.28. The van der Waals surface area contributed by atoms with Gasteiger partial charge < -0.3 is 9.26 Å². The minimum atomic E-state index is -0.964. The summed E-state index contributed by atoms with van der Waals surface area (Å²) < 4.78 is 36.3. The SMILES string of the molecule is COc1cccc(-c2noc(-c3ccc(F)c(F)c3)n2)c1. The van der Waals surface area contributed by atoms with Crippen molar-refractivity contribution in [2.45, 2.75) is 0 Å². The monoisotopic (exact) mass is 288 g/mol. The van der Waals surface area contributed by atoms with Crippen LogP contribution in [0.4, 0.5) is 8.78 Å². The van der Waals surface area contributed by atoms with E-state index in [1.54, 1.807) is 31.4 Å². The lowest BCUT2D eigenvalue weighted by atomic mass is 10.2. The largest absolute Gasteiger partial charge is 0.497 e. The minimum absolute atomic E-state index is 0.117. The molecule has 0 aliphatic carbocycles. The van der Waals surface area contributed by atoms with Crippen molar-refractivity contribution >= 4 is 0 Å². The molecule has 0 N–H and O–H groups in total. The van der Waals surface area contributed by atoms with Gasteiger partial charge in [-0.25, -0.2) is 8.78 Å². The van der Waals surface area contributed by atoms with Crippen LogP contribution in [0.15, 0.2) is 47.0 Å². The predicted octanol–water partition coefficient (Wildman–Crippen LogP) is 3.69. The van der Waals surface area contributed by atoms with Gasteiger partial charge >= 0.3 is 0 Å². The van der Waals surface area contributed by atoms with Crippen molar-refractivity contribution in [2.24, 2.45) is 0 Å². The molecule has 0 bridgehead atoms. The van der Waals surface area contributed by atoms with Crippen LogP contribution in [0, 0.1) is 11.6 Å². The van der Waals surface area contributed by atoms with E-state index in [2.05, 4.69) is 10.1 Å². The van der Waals surface area contributed by atoms with Crippen molar-refractivity contribution in [1.82, 2.24) is 10.1 Å². The van der Waals surface area contributed by atoms with E-state index in [0.717, 1.165) is 12.1 Å². The Morgan fingerprint density at radius 2 is 1.86 bits per heavy atom. The molecule has 0 aliphatic heterocycles. The quantitative estimate of drug-likeness (QED) is 0.737. The molecule has 4 nitrogen and oxygen atoms in total.